The van der Waals surface area contributed by atoms with Gasteiger partial charge in [-0.1, -0.05) is 19.9 Å². The lowest BCUT2D eigenvalue weighted by atomic mass is 9.96. The normalized spacial score (nSPS) is 17.8. The first kappa shape index (κ1) is 23.3. The van der Waals surface area contributed by atoms with E-state index in [1.807, 2.05) is 13.8 Å². The van der Waals surface area contributed by atoms with Gasteiger partial charge in [0.25, 0.3) is 11.7 Å². The number of hydrogen-bond acceptors (Lipinski definition) is 7. The molecular formula is C24H29N3O5. The van der Waals surface area contributed by atoms with Crippen molar-refractivity contribution in [2.75, 3.05) is 40.4 Å². The fourth-order valence-corrected chi connectivity index (χ4v) is 3.93. The summed E-state index contributed by atoms with van der Waals surface area (Å²) in [6.45, 7) is 6.71. The topological polar surface area (TPSA) is 92.2 Å². The van der Waals surface area contributed by atoms with Crippen molar-refractivity contribution < 1.29 is 24.2 Å². The lowest BCUT2D eigenvalue weighted by Crippen LogP contribution is -2.38. The zero-order valence-electron chi connectivity index (χ0n) is 18.9. The molecule has 1 saturated heterocycles. The van der Waals surface area contributed by atoms with Gasteiger partial charge >= 0.3 is 0 Å². The molecule has 0 saturated carbocycles. The summed E-state index contributed by atoms with van der Waals surface area (Å²) in [5.41, 5.74) is 0.936. The van der Waals surface area contributed by atoms with Gasteiger partial charge in [0, 0.05) is 25.5 Å². The molecular weight excluding hydrogens is 410 g/mol. The van der Waals surface area contributed by atoms with Crippen LogP contribution in [0.1, 0.15) is 31.0 Å². The summed E-state index contributed by atoms with van der Waals surface area (Å²) in [6.07, 6.45) is 3.23. The molecule has 1 N–H and O–H groups in total. The fraction of sp³-hybridized carbons (Fsp3) is 0.375. The van der Waals surface area contributed by atoms with Crippen molar-refractivity contribution in [2.24, 2.45) is 0 Å². The molecule has 0 radical (unpaired) electrons. The van der Waals surface area contributed by atoms with Crippen LogP contribution in [0.25, 0.3) is 5.76 Å². The predicted molar refractivity (Wildman–Crippen MR) is 121 cm³/mol. The van der Waals surface area contributed by atoms with E-state index in [1.54, 1.807) is 42.7 Å². The van der Waals surface area contributed by atoms with Crippen LogP contribution < -0.4 is 9.47 Å². The maximum absolute atomic E-state index is 13.1. The molecule has 1 atom stereocenters. The standard InChI is InChI=1S/C24H29N3O5/c1-5-26(6-2)12-13-27-21(16-8-7-11-25-15-16)20(23(29)24(27)30)22(28)18-14-17(31-3)9-10-19(18)32-4/h7-11,14-15,21,28H,5-6,12-13H2,1-4H3/b22-20+. The minimum atomic E-state index is -0.754. The van der Waals surface area contributed by atoms with E-state index in [-0.39, 0.29) is 16.9 Å². The van der Waals surface area contributed by atoms with Crippen molar-refractivity contribution in [3.63, 3.8) is 0 Å². The second kappa shape index (κ2) is 10.3. The zero-order valence-corrected chi connectivity index (χ0v) is 18.9. The van der Waals surface area contributed by atoms with E-state index in [0.29, 0.717) is 30.2 Å². The number of hydrogen-bond donors (Lipinski definition) is 1. The van der Waals surface area contributed by atoms with Crippen LogP contribution in [-0.2, 0) is 9.59 Å². The Balaban J connectivity index is 2.15. The summed E-state index contributed by atoms with van der Waals surface area (Å²) < 4.78 is 10.7. The molecule has 8 heteroatoms. The lowest BCUT2D eigenvalue weighted by Gasteiger charge is -2.28. The number of likely N-dealkylation sites (tertiary alicyclic amines) is 1. The summed E-state index contributed by atoms with van der Waals surface area (Å²) in [7, 11) is 2.98. The largest absolute Gasteiger partial charge is 0.507 e. The van der Waals surface area contributed by atoms with Gasteiger partial charge in [0.1, 0.15) is 17.3 Å². The van der Waals surface area contributed by atoms with Crippen LogP contribution in [0.3, 0.4) is 0 Å². The number of carbonyl (C=O) groups excluding carboxylic acids is 2. The molecule has 1 aromatic heterocycles. The molecule has 0 spiro atoms. The molecule has 0 aliphatic carbocycles. The second-order valence-electron chi connectivity index (χ2n) is 7.37. The third kappa shape index (κ3) is 4.45. The first-order chi connectivity index (χ1) is 15.5. The smallest absolute Gasteiger partial charge is 0.295 e. The first-order valence-electron chi connectivity index (χ1n) is 10.6. The van der Waals surface area contributed by atoms with Gasteiger partial charge in [-0.25, -0.2) is 0 Å². The molecule has 3 rings (SSSR count). The number of rotatable bonds is 9. The van der Waals surface area contributed by atoms with Gasteiger partial charge in [0.15, 0.2) is 0 Å². The van der Waals surface area contributed by atoms with Crippen LogP contribution in [0.5, 0.6) is 11.5 Å². The molecule has 1 aliphatic rings. The van der Waals surface area contributed by atoms with Gasteiger partial charge in [-0.05, 0) is 42.9 Å². The van der Waals surface area contributed by atoms with Crippen LogP contribution in [0, 0.1) is 0 Å². The summed E-state index contributed by atoms with van der Waals surface area (Å²) in [5, 5.41) is 11.3. The second-order valence-corrected chi connectivity index (χ2v) is 7.37. The van der Waals surface area contributed by atoms with Gasteiger partial charge in [0.05, 0.1) is 31.4 Å². The summed E-state index contributed by atoms with van der Waals surface area (Å²) in [5.74, 6) is -0.836. The Morgan fingerprint density at radius 2 is 1.91 bits per heavy atom. The predicted octanol–water partition coefficient (Wildman–Crippen LogP) is 2.86. The van der Waals surface area contributed by atoms with Crippen molar-refractivity contribution in [1.82, 2.24) is 14.8 Å². The third-order valence-electron chi connectivity index (χ3n) is 5.75. The molecule has 1 amide bonds. The van der Waals surface area contributed by atoms with Gasteiger partial charge in [-0.3, -0.25) is 14.6 Å². The molecule has 1 aromatic carbocycles. The number of ether oxygens (including phenoxy) is 2. The van der Waals surface area contributed by atoms with Crippen LogP contribution in [0.2, 0.25) is 0 Å². The van der Waals surface area contributed by atoms with E-state index in [2.05, 4.69) is 9.88 Å². The van der Waals surface area contributed by atoms with Crippen molar-refractivity contribution >= 4 is 17.4 Å². The molecule has 2 aromatic rings. The number of nitrogens with zero attached hydrogens (tertiary/aromatic N) is 3. The Kier molecular flexibility index (Phi) is 7.48. The molecule has 1 unspecified atom stereocenters. The van der Waals surface area contributed by atoms with Crippen molar-refractivity contribution in [3.8, 4) is 11.5 Å². The molecule has 0 bridgehead atoms. The number of pyridine rings is 1. The van der Waals surface area contributed by atoms with Crippen LogP contribution in [0.4, 0.5) is 0 Å². The monoisotopic (exact) mass is 439 g/mol. The van der Waals surface area contributed by atoms with Gasteiger partial charge in [-0.15, -0.1) is 0 Å². The van der Waals surface area contributed by atoms with E-state index in [4.69, 9.17) is 9.47 Å². The number of aliphatic hydroxyl groups is 1. The van der Waals surface area contributed by atoms with E-state index in [9.17, 15) is 14.7 Å². The molecule has 8 nitrogen and oxygen atoms in total. The Hall–Kier alpha value is -3.39. The minimum Gasteiger partial charge on any atom is -0.507 e. The first-order valence-corrected chi connectivity index (χ1v) is 10.6. The van der Waals surface area contributed by atoms with Gasteiger partial charge < -0.3 is 24.4 Å². The van der Waals surface area contributed by atoms with Gasteiger partial charge in [0.2, 0.25) is 0 Å². The number of aromatic nitrogens is 1. The highest BCUT2D eigenvalue weighted by Crippen LogP contribution is 2.41. The molecule has 1 fully saturated rings. The van der Waals surface area contributed by atoms with E-state index >= 15 is 0 Å². The molecule has 2 heterocycles. The minimum absolute atomic E-state index is 0.00843. The molecule has 32 heavy (non-hydrogen) atoms. The Morgan fingerprint density at radius 1 is 1.16 bits per heavy atom. The average molecular weight is 440 g/mol. The SMILES string of the molecule is CCN(CC)CCN1C(=O)C(=O)/C(=C(/O)c2cc(OC)ccc2OC)C1c1cccnc1. The fourth-order valence-electron chi connectivity index (χ4n) is 3.93. The highest BCUT2D eigenvalue weighted by Gasteiger charge is 2.46. The van der Waals surface area contributed by atoms with Crippen molar-refractivity contribution in [3.05, 3.63) is 59.4 Å². The van der Waals surface area contributed by atoms with E-state index in [0.717, 1.165) is 13.1 Å². The summed E-state index contributed by atoms with van der Waals surface area (Å²) >= 11 is 0. The zero-order chi connectivity index (χ0) is 23.3. The number of aliphatic hydroxyl groups excluding tert-OH is 1. The lowest BCUT2D eigenvalue weighted by molar-refractivity contribution is -0.140. The number of likely N-dealkylation sites (N-methyl/N-ethyl adjacent to an activating group) is 1. The van der Waals surface area contributed by atoms with Gasteiger partial charge in [-0.2, -0.15) is 0 Å². The molecule has 1 aliphatic heterocycles. The number of ketones is 1. The molecule has 170 valence electrons. The number of benzene rings is 1. The van der Waals surface area contributed by atoms with E-state index < -0.39 is 17.7 Å². The third-order valence-corrected chi connectivity index (χ3v) is 5.75. The Labute approximate surface area is 188 Å². The maximum Gasteiger partial charge on any atom is 0.295 e. The number of Topliss-reactive ketones (excluding diaryl/α,β-unsaturated/α-hetero) is 1. The number of amides is 1. The van der Waals surface area contributed by atoms with Crippen molar-refractivity contribution in [2.45, 2.75) is 19.9 Å². The van der Waals surface area contributed by atoms with Crippen molar-refractivity contribution in [1.29, 1.82) is 0 Å². The number of methoxy groups -OCH3 is 2. The maximum atomic E-state index is 13.1. The Bertz CT molecular complexity index is 1000. The van der Waals surface area contributed by atoms with Crippen LogP contribution in [-0.4, -0.2) is 72.0 Å². The quantitative estimate of drug-likeness (QED) is 0.365. The number of carbonyl (C=O) groups is 2. The van der Waals surface area contributed by atoms with Crippen LogP contribution >= 0.6 is 0 Å². The van der Waals surface area contributed by atoms with E-state index in [1.165, 1.54) is 19.1 Å². The highest BCUT2D eigenvalue weighted by atomic mass is 16.5. The highest BCUT2D eigenvalue weighted by molar-refractivity contribution is 6.46. The average Bonchev–Trinajstić information content (AvgIpc) is 3.09. The van der Waals surface area contributed by atoms with Crippen LogP contribution in [0.15, 0.2) is 48.3 Å². The Morgan fingerprint density at radius 3 is 2.50 bits per heavy atom. The summed E-state index contributed by atoms with van der Waals surface area (Å²) in [4.78, 5) is 34.0. The summed E-state index contributed by atoms with van der Waals surface area (Å²) in [6, 6.07) is 7.70.